The van der Waals surface area contributed by atoms with Gasteiger partial charge < -0.3 is 10.4 Å². The molecule has 1 heterocycles. The average Bonchev–Trinajstić information content (AvgIpc) is 3.12. The summed E-state index contributed by atoms with van der Waals surface area (Å²) in [5, 5.41) is 12.6. The Balaban J connectivity index is 2.16. The van der Waals surface area contributed by atoms with Gasteiger partial charge in [0, 0.05) is 24.1 Å². The Morgan fingerprint density at radius 1 is 1.50 bits per heavy atom. The molecule has 18 heavy (non-hydrogen) atoms. The van der Waals surface area contributed by atoms with Crippen LogP contribution in [0.3, 0.4) is 0 Å². The molecule has 1 saturated carbocycles. The van der Waals surface area contributed by atoms with Crippen molar-refractivity contribution in [2.75, 3.05) is 11.9 Å². The molecule has 1 fully saturated rings. The molecule has 4 nitrogen and oxygen atoms in total. The molecule has 1 atom stereocenters. The summed E-state index contributed by atoms with van der Waals surface area (Å²) in [7, 11) is 0. The number of hydrogen-bond donors (Lipinski definition) is 2. The van der Waals surface area contributed by atoms with Crippen molar-refractivity contribution in [2.24, 2.45) is 0 Å². The fourth-order valence-corrected chi connectivity index (χ4v) is 2.31. The van der Waals surface area contributed by atoms with E-state index in [0.29, 0.717) is 12.3 Å². The minimum absolute atomic E-state index is 0.122. The lowest BCUT2D eigenvalue weighted by Gasteiger charge is -2.29. The quantitative estimate of drug-likeness (QED) is 0.792. The highest BCUT2D eigenvalue weighted by atomic mass is 79.9. The summed E-state index contributed by atoms with van der Waals surface area (Å²) in [6.07, 6.45) is 4.03. The zero-order valence-electron chi connectivity index (χ0n) is 10.9. The van der Waals surface area contributed by atoms with Gasteiger partial charge in [0.1, 0.15) is 16.2 Å². The number of aliphatic hydroxyl groups excluding tert-OH is 1. The number of aromatic nitrogens is 2. The fourth-order valence-electron chi connectivity index (χ4n) is 1.91. The number of anilines is 1. The number of halogens is 1. The monoisotopic (exact) mass is 313 g/mol. The molecule has 1 aliphatic carbocycles. The van der Waals surface area contributed by atoms with E-state index in [0.717, 1.165) is 22.7 Å². The molecule has 0 radical (unpaired) electrons. The van der Waals surface area contributed by atoms with Crippen LogP contribution in [-0.2, 0) is 0 Å². The molecule has 1 unspecified atom stereocenters. The highest BCUT2D eigenvalue weighted by Crippen LogP contribution is 2.39. The lowest BCUT2D eigenvalue weighted by atomic mass is 9.95. The Morgan fingerprint density at radius 2 is 2.22 bits per heavy atom. The van der Waals surface area contributed by atoms with Crippen LogP contribution in [0.15, 0.2) is 10.7 Å². The summed E-state index contributed by atoms with van der Waals surface area (Å²) in [6.45, 7) is 4.40. The summed E-state index contributed by atoms with van der Waals surface area (Å²) in [5.74, 6) is 2.31. The first kappa shape index (κ1) is 13.7. The molecule has 5 heteroatoms. The molecule has 1 aromatic heterocycles. The van der Waals surface area contributed by atoms with Crippen LogP contribution in [0, 0.1) is 0 Å². The molecule has 1 aromatic rings. The molecule has 2 rings (SSSR count). The van der Waals surface area contributed by atoms with Crippen molar-refractivity contribution in [2.45, 2.75) is 51.0 Å². The Kier molecular flexibility index (Phi) is 4.22. The van der Waals surface area contributed by atoms with Crippen LogP contribution in [-0.4, -0.2) is 27.2 Å². The smallest absolute Gasteiger partial charge is 0.135 e. The number of nitrogens with one attached hydrogen (secondary N) is 1. The number of nitrogens with zero attached hydrogens (tertiary/aromatic N) is 2. The Bertz CT molecular complexity index is 423. The van der Waals surface area contributed by atoms with E-state index in [9.17, 15) is 0 Å². The third kappa shape index (κ3) is 3.42. The van der Waals surface area contributed by atoms with Gasteiger partial charge in [-0.25, -0.2) is 9.97 Å². The van der Waals surface area contributed by atoms with Gasteiger partial charge in [0.15, 0.2) is 0 Å². The van der Waals surface area contributed by atoms with Crippen LogP contribution in [0.5, 0.6) is 0 Å². The number of hydrogen-bond acceptors (Lipinski definition) is 4. The first-order chi connectivity index (χ1) is 8.56. The van der Waals surface area contributed by atoms with Crippen molar-refractivity contribution in [1.29, 1.82) is 0 Å². The number of aliphatic hydroxyl groups is 1. The SMILES string of the molecule is CCC(C)(CCO)Nc1cc(Br)nc(C2CC2)n1. The van der Waals surface area contributed by atoms with Crippen LogP contribution >= 0.6 is 15.9 Å². The van der Waals surface area contributed by atoms with Crippen LogP contribution < -0.4 is 5.32 Å². The normalized spacial score (nSPS) is 18.4. The van der Waals surface area contributed by atoms with E-state index in [4.69, 9.17) is 5.11 Å². The topological polar surface area (TPSA) is 58.0 Å². The van der Waals surface area contributed by atoms with Crippen LogP contribution in [0.4, 0.5) is 5.82 Å². The Hall–Kier alpha value is -0.680. The van der Waals surface area contributed by atoms with Gasteiger partial charge in [-0.1, -0.05) is 6.92 Å². The first-order valence-electron chi connectivity index (χ1n) is 6.50. The maximum Gasteiger partial charge on any atom is 0.135 e. The fraction of sp³-hybridized carbons (Fsp3) is 0.692. The molecule has 0 bridgehead atoms. The molecular formula is C13H20BrN3O. The first-order valence-corrected chi connectivity index (χ1v) is 7.29. The van der Waals surface area contributed by atoms with Crippen molar-refractivity contribution >= 4 is 21.7 Å². The summed E-state index contributed by atoms with van der Waals surface area (Å²) in [6, 6.07) is 1.90. The van der Waals surface area contributed by atoms with Gasteiger partial charge in [-0.15, -0.1) is 0 Å². The van der Waals surface area contributed by atoms with Gasteiger partial charge in [0.2, 0.25) is 0 Å². The molecule has 0 aliphatic heterocycles. The molecular weight excluding hydrogens is 294 g/mol. The molecule has 0 amide bonds. The highest BCUT2D eigenvalue weighted by Gasteiger charge is 2.28. The van der Waals surface area contributed by atoms with Crippen molar-refractivity contribution in [3.63, 3.8) is 0 Å². The molecule has 2 N–H and O–H groups in total. The Labute approximate surface area is 116 Å². The van der Waals surface area contributed by atoms with Gasteiger partial charge in [0.05, 0.1) is 0 Å². The van der Waals surface area contributed by atoms with Gasteiger partial charge >= 0.3 is 0 Å². The van der Waals surface area contributed by atoms with Crippen molar-refractivity contribution in [1.82, 2.24) is 9.97 Å². The van der Waals surface area contributed by atoms with Crippen molar-refractivity contribution in [3.05, 3.63) is 16.5 Å². The van der Waals surface area contributed by atoms with Crippen molar-refractivity contribution < 1.29 is 5.11 Å². The standard InChI is InChI=1S/C13H20BrN3O/c1-3-13(2,6-7-18)17-11-8-10(14)15-12(16-11)9-4-5-9/h8-9,18H,3-7H2,1-2H3,(H,15,16,17). The minimum Gasteiger partial charge on any atom is -0.396 e. The maximum atomic E-state index is 9.14. The second-order valence-corrected chi connectivity index (χ2v) is 6.03. The molecule has 0 saturated heterocycles. The number of rotatable bonds is 6. The minimum atomic E-state index is -0.122. The third-order valence-corrected chi connectivity index (χ3v) is 3.93. The average molecular weight is 314 g/mol. The molecule has 0 aromatic carbocycles. The van der Waals surface area contributed by atoms with Crippen LogP contribution in [0.25, 0.3) is 0 Å². The van der Waals surface area contributed by atoms with Crippen molar-refractivity contribution in [3.8, 4) is 0 Å². The second kappa shape index (κ2) is 5.53. The Morgan fingerprint density at radius 3 is 2.78 bits per heavy atom. The van der Waals surface area contributed by atoms with Gasteiger partial charge in [-0.3, -0.25) is 0 Å². The van der Waals surface area contributed by atoms with Gasteiger partial charge in [0.25, 0.3) is 0 Å². The summed E-state index contributed by atoms with van der Waals surface area (Å²) in [4.78, 5) is 8.99. The second-order valence-electron chi connectivity index (χ2n) is 5.22. The molecule has 100 valence electrons. The summed E-state index contributed by atoms with van der Waals surface area (Å²) < 4.78 is 0.823. The lowest BCUT2D eigenvalue weighted by molar-refractivity contribution is 0.252. The lowest BCUT2D eigenvalue weighted by Crippen LogP contribution is -2.35. The van der Waals surface area contributed by atoms with E-state index in [1.54, 1.807) is 0 Å². The van der Waals surface area contributed by atoms with E-state index in [-0.39, 0.29) is 12.1 Å². The predicted octanol–water partition coefficient (Wildman–Crippen LogP) is 3.08. The summed E-state index contributed by atoms with van der Waals surface area (Å²) >= 11 is 3.44. The van der Waals surface area contributed by atoms with E-state index in [1.807, 2.05) is 6.07 Å². The van der Waals surface area contributed by atoms with E-state index < -0.39 is 0 Å². The highest BCUT2D eigenvalue weighted by molar-refractivity contribution is 9.10. The van der Waals surface area contributed by atoms with Gasteiger partial charge in [-0.2, -0.15) is 0 Å². The molecule has 0 spiro atoms. The van der Waals surface area contributed by atoms with Crippen LogP contribution in [0.1, 0.15) is 51.3 Å². The predicted molar refractivity (Wildman–Crippen MR) is 75.7 cm³/mol. The van der Waals surface area contributed by atoms with E-state index >= 15 is 0 Å². The zero-order chi connectivity index (χ0) is 13.2. The zero-order valence-corrected chi connectivity index (χ0v) is 12.5. The maximum absolute atomic E-state index is 9.14. The summed E-state index contributed by atoms with van der Waals surface area (Å²) in [5.41, 5.74) is -0.122. The largest absolute Gasteiger partial charge is 0.396 e. The van der Waals surface area contributed by atoms with Gasteiger partial charge in [-0.05, 0) is 48.5 Å². The van der Waals surface area contributed by atoms with E-state index in [2.05, 4.69) is 45.1 Å². The van der Waals surface area contributed by atoms with E-state index in [1.165, 1.54) is 12.8 Å². The third-order valence-electron chi connectivity index (χ3n) is 3.53. The van der Waals surface area contributed by atoms with Crippen LogP contribution in [0.2, 0.25) is 0 Å². The molecule has 1 aliphatic rings.